The van der Waals surface area contributed by atoms with Crippen LogP contribution in [0.3, 0.4) is 0 Å². The molecule has 0 aliphatic rings. The van der Waals surface area contributed by atoms with Crippen molar-refractivity contribution < 1.29 is 4.79 Å². The highest BCUT2D eigenvalue weighted by Crippen LogP contribution is 2.19. The Labute approximate surface area is 103 Å². The molecule has 1 amide bonds. The smallest absolute Gasteiger partial charge is 0.257 e. The number of nitrogen functional groups attached to an aromatic ring is 1. The van der Waals surface area contributed by atoms with E-state index in [1.54, 1.807) is 11.6 Å². The molecule has 1 aromatic carbocycles. The van der Waals surface area contributed by atoms with Crippen LogP contribution in [0, 0.1) is 13.8 Å². The number of nitrogens with zero attached hydrogens (tertiary/aromatic N) is 2. The van der Waals surface area contributed by atoms with Gasteiger partial charge < -0.3 is 5.73 Å². The molecule has 0 unspecified atom stereocenters. The van der Waals surface area contributed by atoms with Gasteiger partial charge in [-0.05, 0) is 31.0 Å². The number of hydrogen-bond acceptors (Lipinski definition) is 5. The van der Waals surface area contributed by atoms with Gasteiger partial charge in [0.1, 0.15) is 5.51 Å². The molecular formula is C11H12N4OS. The molecule has 1 heterocycles. The van der Waals surface area contributed by atoms with E-state index in [9.17, 15) is 4.79 Å². The third-order valence-corrected chi connectivity index (χ3v) is 3.04. The van der Waals surface area contributed by atoms with E-state index in [0.29, 0.717) is 16.4 Å². The Morgan fingerprint density at radius 3 is 2.76 bits per heavy atom. The van der Waals surface area contributed by atoms with Gasteiger partial charge in [0.05, 0.1) is 0 Å². The Morgan fingerprint density at radius 1 is 1.35 bits per heavy atom. The van der Waals surface area contributed by atoms with Crippen LogP contribution in [0.15, 0.2) is 17.6 Å². The van der Waals surface area contributed by atoms with Crippen LogP contribution in [0.1, 0.15) is 21.5 Å². The normalized spacial score (nSPS) is 10.2. The highest BCUT2D eigenvalue weighted by molar-refractivity contribution is 7.13. The molecule has 0 aliphatic heterocycles. The maximum atomic E-state index is 12.0. The molecule has 0 aliphatic carbocycles. The number of carbonyl (C=O) groups is 1. The molecule has 17 heavy (non-hydrogen) atoms. The molecular weight excluding hydrogens is 236 g/mol. The van der Waals surface area contributed by atoms with Crippen LogP contribution < -0.4 is 11.1 Å². The van der Waals surface area contributed by atoms with Crippen LogP contribution in [0.4, 0.5) is 10.8 Å². The minimum Gasteiger partial charge on any atom is -0.398 e. The summed E-state index contributed by atoms with van der Waals surface area (Å²) in [5.74, 6) is -0.217. The van der Waals surface area contributed by atoms with Crippen molar-refractivity contribution in [3.63, 3.8) is 0 Å². The van der Waals surface area contributed by atoms with Gasteiger partial charge in [-0.25, -0.2) is 0 Å². The van der Waals surface area contributed by atoms with E-state index in [1.165, 1.54) is 11.3 Å². The van der Waals surface area contributed by atoms with Crippen molar-refractivity contribution in [2.75, 3.05) is 11.1 Å². The Balaban J connectivity index is 2.28. The van der Waals surface area contributed by atoms with Gasteiger partial charge >= 0.3 is 0 Å². The molecule has 0 saturated heterocycles. The zero-order valence-electron chi connectivity index (χ0n) is 9.52. The number of rotatable bonds is 2. The lowest BCUT2D eigenvalue weighted by molar-refractivity contribution is 0.102. The summed E-state index contributed by atoms with van der Waals surface area (Å²) in [5.41, 5.74) is 10.4. The molecule has 3 N–H and O–H groups in total. The summed E-state index contributed by atoms with van der Waals surface area (Å²) in [6.45, 7) is 3.79. The summed E-state index contributed by atoms with van der Waals surface area (Å²) < 4.78 is 0. The minimum absolute atomic E-state index is 0.217. The molecule has 0 fully saturated rings. The minimum atomic E-state index is -0.217. The van der Waals surface area contributed by atoms with Crippen molar-refractivity contribution in [2.24, 2.45) is 0 Å². The lowest BCUT2D eigenvalue weighted by Gasteiger charge is -2.08. The van der Waals surface area contributed by atoms with Crippen molar-refractivity contribution in [1.82, 2.24) is 10.2 Å². The van der Waals surface area contributed by atoms with Gasteiger partial charge in [0.25, 0.3) is 5.91 Å². The maximum absolute atomic E-state index is 12.0. The fraction of sp³-hybridized carbons (Fsp3) is 0.182. The molecule has 2 rings (SSSR count). The zero-order valence-corrected chi connectivity index (χ0v) is 10.3. The first-order valence-corrected chi connectivity index (χ1v) is 5.90. The first kappa shape index (κ1) is 11.5. The van der Waals surface area contributed by atoms with Gasteiger partial charge in [-0.1, -0.05) is 17.4 Å². The Hall–Kier alpha value is -1.95. The number of nitrogens with one attached hydrogen (secondary N) is 1. The molecule has 0 spiro atoms. The number of aromatic nitrogens is 2. The zero-order chi connectivity index (χ0) is 12.4. The van der Waals surface area contributed by atoms with Crippen molar-refractivity contribution in [3.8, 4) is 0 Å². The Kier molecular flexibility index (Phi) is 3.06. The van der Waals surface area contributed by atoms with Crippen molar-refractivity contribution >= 4 is 28.1 Å². The van der Waals surface area contributed by atoms with Crippen LogP contribution in [-0.4, -0.2) is 16.1 Å². The van der Waals surface area contributed by atoms with E-state index in [0.717, 1.165) is 11.1 Å². The van der Waals surface area contributed by atoms with E-state index in [2.05, 4.69) is 15.5 Å². The fourth-order valence-electron chi connectivity index (χ4n) is 1.51. The summed E-state index contributed by atoms with van der Waals surface area (Å²) in [5, 5.41) is 10.6. The van der Waals surface area contributed by atoms with Gasteiger partial charge in [-0.2, -0.15) is 0 Å². The second kappa shape index (κ2) is 4.50. The van der Waals surface area contributed by atoms with Gasteiger partial charge in [-0.15, -0.1) is 10.2 Å². The number of nitrogens with two attached hydrogens (primary N) is 1. The van der Waals surface area contributed by atoms with Gasteiger partial charge in [0, 0.05) is 11.3 Å². The molecule has 1 aromatic heterocycles. The standard InChI is InChI=1S/C11H12N4OS/c1-6-3-7(2)9(12)4-8(6)10(16)14-11-15-13-5-17-11/h3-5H,12H2,1-2H3,(H,14,15,16). The SMILES string of the molecule is Cc1cc(C)c(C(=O)Nc2nncs2)cc1N. The first-order chi connectivity index (χ1) is 8.08. The monoisotopic (exact) mass is 248 g/mol. The molecule has 0 radical (unpaired) electrons. The van der Waals surface area contributed by atoms with Crippen LogP contribution in [-0.2, 0) is 0 Å². The van der Waals surface area contributed by atoms with E-state index < -0.39 is 0 Å². The highest BCUT2D eigenvalue weighted by Gasteiger charge is 2.12. The van der Waals surface area contributed by atoms with Crippen molar-refractivity contribution in [2.45, 2.75) is 13.8 Å². The van der Waals surface area contributed by atoms with Crippen LogP contribution in [0.5, 0.6) is 0 Å². The molecule has 6 heteroatoms. The van der Waals surface area contributed by atoms with E-state index in [1.807, 2.05) is 19.9 Å². The molecule has 5 nitrogen and oxygen atoms in total. The second-order valence-electron chi connectivity index (χ2n) is 3.72. The Morgan fingerprint density at radius 2 is 2.12 bits per heavy atom. The average Bonchev–Trinajstić information content (AvgIpc) is 2.76. The predicted octanol–water partition coefficient (Wildman–Crippen LogP) is 1.99. The molecule has 88 valence electrons. The van der Waals surface area contributed by atoms with Crippen LogP contribution in [0.25, 0.3) is 0 Å². The van der Waals surface area contributed by atoms with Gasteiger partial charge in [-0.3, -0.25) is 10.1 Å². The number of amides is 1. The topological polar surface area (TPSA) is 80.9 Å². The summed E-state index contributed by atoms with van der Waals surface area (Å²) in [7, 11) is 0. The average molecular weight is 248 g/mol. The number of aryl methyl sites for hydroxylation is 2. The molecule has 0 atom stereocenters. The molecule has 2 aromatic rings. The third kappa shape index (κ3) is 2.42. The van der Waals surface area contributed by atoms with Crippen molar-refractivity contribution in [3.05, 3.63) is 34.3 Å². The van der Waals surface area contributed by atoms with Gasteiger partial charge in [0.15, 0.2) is 0 Å². The van der Waals surface area contributed by atoms with E-state index >= 15 is 0 Å². The van der Waals surface area contributed by atoms with Crippen molar-refractivity contribution in [1.29, 1.82) is 0 Å². The molecule has 0 saturated carbocycles. The highest BCUT2D eigenvalue weighted by atomic mass is 32.1. The van der Waals surface area contributed by atoms with Crippen LogP contribution >= 0.6 is 11.3 Å². The fourth-order valence-corrected chi connectivity index (χ4v) is 1.95. The van der Waals surface area contributed by atoms with E-state index in [-0.39, 0.29) is 5.91 Å². The number of benzene rings is 1. The Bertz CT molecular complexity index is 551. The number of hydrogen-bond donors (Lipinski definition) is 2. The number of carbonyl (C=O) groups excluding carboxylic acids is 1. The second-order valence-corrected chi connectivity index (χ2v) is 4.55. The number of anilines is 2. The summed E-state index contributed by atoms with van der Waals surface area (Å²) in [6, 6.07) is 3.57. The summed E-state index contributed by atoms with van der Waals surface area (Å²) in [6.07, 6.45) is 0. The first-order valence-electron chi connectivity index (χ1n) is 5.02. The largest absolute Gasteiger partial charge is 0.398 e. The summed E-state index contributed by atoms with van der Waals surface area (Å²) >= 11 is 1.27. The van der Waals surface area contributed by atoms with Crippen LogP contribution in [0.2, 0.25) is 0 Å². The maximum Gasteiger partial charge on any atom is 0.257 e. The summed E-state index contributed by atoms with van der Waals surface area (Å²) in [4.78, 5) is 12.0. The third-order valence-electron chi connectivity index (χ3n) is 2.44. The predicted molar refractivity (Wildman–Crippen MR) is 68.2 cm³/mol. The van der Waals surface area contributed by atoms with Gasteiger partial charge in [0.2, 0.25) is 5.13 Å². The lowest BCUT2D eigenvalue weighted by Crippen LogP contribution is -2.14. The molecule has 0 bridgehead atoms. The van der Waals surface area contributed by atoms with E-state index in [4.69, 9.17) is 5.73 Å². The quantitative estimate of drug-likeness (QED) is 0.796. The lowest BCUT2D eigenvalue weighted by atomic mass is 10.0.